The fourth-order valence-corrected chi connectivity index (χ4v) is 2.43. The average molecular weight is 294 g/mol. The molecule has 0 spiro atoms. The van der Waals surface area contributed by atoms with Gasteiger partial charge in [0, 0.05) is 26.4 Å². The highest BCUT2D eigenvalue weighted by molar-refractivity contribution is 5.78. The second kappa shape index (κ2) is 6.87. The molecule has 0 saturated carbocycles. The summed E-state index contributed by atoms with van der Waals surface area (Å²) in [7, 11) is 1.63. The molecule has 6 heteroatoms. The largest absolute Gasteiger partial charge is 0.482 e. The van der Waals surface area contributed by atoms with Crippen molar-refractivity contribution in [1.29, 1.82) is 0 Å². The number of rotatable bonds is 5. The Labute approximate surface area is 125 Å². The number of carbonyl (C=O) groups is 1. The quantitative estimate of drug-likeness (QED) is 0.814. The molecule has 21 heavy (non-hydrogen) atoms. The van der Waals surface area contributed by atoms with Crippen molar-refractivity contribution in [3.8, 4) is 5.75 Å². The summed E-state index contributed by atoms with van der Waals surface area (Å²) in [5.74, 6) is 0.531. The maximum atomic E-state index is 12.3. The van der Waals surface area contributed by atoms with Gasteiger partial charge in [0.15, 0.2) is 6.61 Å². The van der Waals surface area contributed by atoms with Gasteiger partial charge in [0.05, 0.1) is 24.5 Å². The summed E-state index contributed by atoms with van der Waals surface area (Å²) < 4.78 is 16.5. The van der Waals surface area contributed by atoms with Gasteiger partial charge in [-0.1, -0.05) is 0 Å². The van der Waals surface area contributed by atoms with E-state index in [9.17, 15) is 4.79 Å². The first-order valence-electron chi connectivity index (χ1n) is 6.97. The van der Waals surface area contributed by atoms with Gasteiger partial charge in [0.1, 0.15) is 5.75 Å². The molecular weight excluding hydrogens is 272 g/mol. The van der Waals surface area contributed by atoms with Crippen LogP contribution in [0.3, 0.4) is 0 Å². The number of nitrogens with zero attached hydrogens (tertiary/aromatic N) is 2. The molecular formula is C15H22N2O4. The van der Waals surface area contributed by atoms with E-state index in [1.807, 2.05) is 13.8 Å². The summed E-state index contributed by atoms with van der Waals surface area (Å²) in [6.07, 6.45) is 3.14. The van der Waals surface area contributed by atoms with Crippen molar-refractivity contribution in [2.24, 2.45) is 0 Å². The number of aromatic nitrogens is 1. The van der Waals surface area contributed by atoms with Crippen LogP contribution in [0, 0.1) is 0 Å². The summed E-state index contributed by atoms with van der Waals surface area (Å²) in [4.78, 5) is 18.0. The van der Waals surface area contributed by atoms with Crippen LogP contribution in [0.5, 0.6) is 5.75 Å². The van der Waals surface area contributed by atoms with Crippen molar-refractivity contribution in [2.75, 3.05) is 33.4 Å². The Bertz CT molecular complexity index is 464. The van der Waals surface area contributed by atoms with Crippen molar-refractivity contribution in [3.63, 3.8) is 0 Å². The van der Waals surface area contributed by atoms with Crippen LogP contribution in [-0.4, -0.2) is 60.9 Å². The zero-order valence-electron chi connectivity index (χ0n) is 12.7. The average Bonchev–Trinajstić information content (AvgIpc) is 2.44. The molecule has 1 aliphatic rings. The summed E-state index contributed by atoms with van der Waals surface area (Å²) in [6.45, 7) is 5.47. The van der Waals surface area contributed by atoms with Crippen LogP contribution in [0.1, 0.15) is 13.8 Å². The van der Waals surface area contributed by atoms with Gasteiger partial charge in [-0.25, -0.2) is 0 Å². The lowest BCUT2D eigenvalue weighted by atomic mass is 10.1. The molecule has 6 nitrogen and oxygen atoms in total. The molecule has 0 bridgehead atoms. The van der Waals surface area contributed by atoms with Crippen LogP contribution in [0.25, 0.3) is 0 Å². The Morgan fingerprint density at radius 3 is 3.05 bits per heavy atom. The summed E-state index contributed by atoms with van der Waals surface area (Å²) in [5, 5.41) is 0. The van der Waals surface area contributed by atoms with E-state index in [1.165, 1.54) is 0 Å². The fourth-order valence-electron chi connectivity index (χ4n) is 2.43. The van der Waals surface area contributed by atoms with Gasteiger partial charge in [0.2, 0.25) is 0 Å². The molecule has 1 amide bonds. The van der Waals surface area contributed by atoms with Crippen LogP contribution >= 0.6 is 0 Å². The molecule has 2 rings (SSSR count). The first kappa shape index (κ1) is 15.7. The molecule has 1 aromatic heterocycles. The SMILES string of the molecule is COC[C@@H]1CN(C(=O)COc2cccnc2)CC(C)(C)O1. The van der Waals surface area contributed by atoms with E-state index in [1.54, 1.807) is 36.5 Å². The van der Waals surface area contributed by atoms with Gasteiger partial charge in [-0.3, -0.25) is 9.78 Å². The Morgan fingerprint density at radius 2 is 2.38 bits per heavy atom. The second-order valence-electron chi connectivity index (χ2n) is 5.71. The number of morpholine rings is 1. The number of amides is 1. The molecule has 1 atom stereocenters. The number of ether oxygens (including phenoxy) is 3. The minimum atomic E-state index is -0.384. The monoisotopic (exact) mass is 294 g/mol. The zero-order chi connectivity index (χ0) is 15.3. The lowest BCUT2D eigenvalue weighted by Gasteiger charge is -2.42. The highest BCUT2D eigenvalue weighted by Crippen LogP contribution is 2.21. The molecule has 1 saturated heterocycles. The zero-order valence-corrected chi connectivity index (χ0v) is 12.7. The lowest BCUT2D eigenvalue weighted by molar-refractivity contribution is -0.170. The normalized spacial score (nSPS) is 21.1. The van der Waals surface area contributed by atoms with Crippen molar-refractivity contribution in [2.45, 2.75) is 25.6 Å². The van der Waals surface area contributed by atoms with Gasteiger partial charge in [-0.05, 0) is 26.0 Å². The number of carbonyl (C=O) groups excluding carboxylic acids is 1. The van der Waals surface area contributed by atoms with Crippen LogP contribution < -0.4 is 4.74 Å². The van der Waals surface area contributed by atoms with Gasteiger partial charge >= 0.3 is 0 Å². The minimum Gasteiger partial charge on any atom is -0.482 e. The van der Waals surface area contributed by atoms with Gasteiger partial charge in [-0.15, -0.1) is 0 Å². The van der Waals surface area contributed by atoms with Crippen LogP contribution in [-0.2, 0) is 14.3 Å². The Kier molecular flexibility index (Phi) is 5.14. The molecule has 0 aliphatic carbocycles. The van der Waals surface area contributed by atoms with E-state index in [-0.39, 0.29) is 24.2 Å². The third-order valence-corrected chi connectivity index (χ3v) is 3.18. The molecule has 0 radical (unpaired) electrons. The maximum Gasteiger partial charge on any atom is 0.260 e. The van der Waals surface area contributed by atoms with Gasteiger partial charge < -0.3 is 19.1 Å². The third kappa shape index (κ3) is 4.68. The van der Waals surface area contributed by atoms with E-state index < -0.39 is 0 Å². The standard InChI is InChI=1S/C15H22N2O4/c1-15(2)11-17(8-13(21-15)9-19-3)14(18)10-20-12-5-4-6-16-7-12/h4-7,13H,8-11H2,1-3H3/t13-/m0/s1. The van der Waals surface area contributed by atoms with E-state index in [0.29, 0.717) is 25.4 Å². The number of pyridine rings is 1. The van der Waals surface area contributed by atoms with E-state index in [0.717, 1.165) is 0 Å². The summed E-state index contributed by atoms with van der Waals surface area (Å²) in [6, 6.07) is 3.55. The Morgan fingerprint density at radius 1 is 1.57 bits per heavy atom. The predicted octanol–water partition coefficient (Wildman–Crippen LogP) is 1.11. The predicted molar refractivity (Wildman–Crippen MR) is 77.1 cm³/mol. The second-order valence-corrected chi connectivity index (χ2v) is 5.71. The van der Waals surface area contributed by atoms with E-state index in [4.69, 9.17) is 14.2 Å². The summed E-state index contributed by atoms with van der Waals surface area (Å²) in [5.41, 5.74) is -0.384. The topological polar surface area (TPSA) is 60.9 Å². The third-order valence-electron chi connectivity index (χ3n) is 3.18. The molecule has 0 unspecified atom stereocenters. The first-order chi connectivity index (χ1) is 10.00. The number of methoxy groups -OCH3 is 1. The van der Waals surface area contributed by atoms with Crippen molar-refractivity contribution in [1.82, 2.24) is 9.88 Å². The van der Waals surface area contributed by atoms with Crippen LogP contribution in [0.2, 0.25) is 0 Å². The molecule has 1 aliphatic heterocycles. The van der Waals surface area contributed by atoms with Gasteiger partial charge in [0.25, 0.3) is 5.91 Å². The maximum absolute atomic E-state index is 12.3. The Hall–Kier alpha value is -1.66. The first-order valence-corrected chi connectivity index (χ1v) is 6.97. The molecule has 2 heterocycles. The highest BCUT2D eigenvalue weighted by atomic mass is 16.5. The number of hydrogen-bond donors (Lipinski definition) is 0. The Balaban J connectivity index is 1.91. The fraction of sp³-hybridized carbons (Fsp3) is 0.600. The van der Waals surface area contributed by atoms with Crippen molar-refractivity contribution < 1.29 is 19.0 Å². The molecule has 1 aromatic rings. The molecule has 0 aromatic carbocycles. The van der Waals surface area contributed by atoms with Crippen molar-refractivity contribution >= 4 is 5.91 Å². The van der Waals surface area contributed by atoms with Crippen LogP contribution in [0.4, 0.5) is 0 Å². The smallest absolute Gasteiger partial charge is 0.260 e. The van der Waals surface area contributed by atoms with E-state index >= 15 is 0 Å². The minimum absolute atomic E-state index is 0.00146. The molecule has 0 N–H and O–H groups in total. The van der Waals surface area contributed by atoms with Crippen molar-refractivity contribution in [3.05, 3.63) is 24.5 Å². The van der Waals surface area contributed by atoms with Crippen LogP contribution in [0.15, 0.2) is 24.5 Å². The molecule has 116 valence electrons. The lowest BCUT2D eigenvalue weighted by Crippen LogP contribution is -2.56. The highest BCUT2D eigenvalue weighted by Gasteiger charge is 2.35. The van der Waals surface area contributed by atoms with Gasteiger partial charge in [-0.2, -0.15) is 0 Å². The number of hydrogen-bond acceptors (Lipinski definition) is 5. The van der Waals surface area contributed by atoms with E-state index in [2.05, 4.69) is 4.98 Å². The molecule has 1 fully saturated rings. The summed E-state index contributed by atoms with van der Waals surface area (Å²) >= 11 is 0.